The predicted molar refractivity (Wildman–Crippen MR) is 126 cm³/mol. The summed E-state index contributed by atoms with van der Waals surface area (Å²) in [5.41, 5.74) is 4.06. The van der Waals surface area contributed by atoms with Gasteiger partial charge in [-0.05, 0) is 66.6 Å². The Balaban J connectivity index is 0.00000171. The Hall–Kier alpha value is -3.39. The second kappa shape index (κ2) is 8.51. The van der Waals surface area contributed by atoms with Gasteiger partial charge in [-0.1, -0.05) is 6.08 Å². The first-order chi connectivity index (χ1) is 15.9. The molecule has 0 unspecified atom stereocenters. The van der Waals surface area contributed by atoms with Gasteiger partial charge in [-0.15, -0.1) is 0 Å². The second-order valence-electron chi connectivity index (χ2n) is 8.59. The lowest BCUT2D eigenvalue weighted by molar-refractivity contribution is 0.0957. The summed E-state index contributed by atoms with van der Waals surface area (Å²) in [5.74, 6) is -1.39. The van der Waals surface area contributed by atoms with Gasteiger partial charge >= 0.3 is 0 Å². The fourth-order valence-electron chi connectivity index (χ4n) is 4.91. The molecule has 0 radical (unpaired) electrons. The van der Waals surface area contributed by atoms with E-state index in [9.17, 15) is 14.0 Å². The lowest BCUT2D eigenvalue weighted by Crippen LogP contribution is -2.28. The molecule has 2 aromatic heterocycles. The van der Waals surface area contributed by atoms with Crippen LogP contribution in [0.25, 0.3) is 16.5 Å². The van der Waals surface area contributed by atoms with E-state index in [1.165, 1.54) is 13.1 Å². The number of halogens is 2. The van der Waals surface area contributed by atoms with Gasteiger partial charge < -0.3 is 10.3 Å². The molecule has 2 aliphatic rings. The van der Waals surface area contributed by atoms with Crippen LogP contribution in [0.5, 0.6) is 0 Å². The summed E-state index contributed by atoms with van der Waals surface area (Å²) >= 11 is 0. The SMILES string of the molecule is CNC(=O)c1ccc(C2=CCN(Cc3cc(F)c4c5c(c(=O)[nH]c4c3)CCC5)CC2)c(F)n1.[HH].[HH]. The van der Waals surface area contributed by atoms with Crippen molar-refractivity contribution in [3.8, 4) is 0 Å². The molecule has 0 spiro atoms. The van der Waals surface area contributed by atoms with E-state index < -0.39 is 11.9 Å². The summed E-state index contributed by atoms with van der Waals surface area (Å²) in [6.45, 7) is 1.77. The highest BCUT2D eigenvalue weighted by Gasteiger charge is 2.22. The number of benzene rings is 1. The number of aryl methyl sites for hydroxylation is 1. The quantitative estimate of drug-likeness (QED) is 0.588. The summed E-state index contributed by atoms with van der Waals surface area (Å²) < 4.78 is 29.5. The van der Waals surface area contributed by atoms with Crippen LogP contribution in [-0.4, -0.2) is 40.9 Å². The van der Waals surface area contributed by atoms with Gasteiger partial charge in [-0.3, -0.25) is 14.5 Å². The minimum atomic E-state index is -0.663. The summed E-state index contributed by atoms with van der Waals surface area (Å²) in [6.07, 6.45) is 4.87. The molecule has 0 saturated heterocycles. The van der Waals surface area contributed by atoms with Crippen molar-refractivity contribution in [2.75, 3.05) is 20.1 Å². The number of pyridine rings is 2. The molecule has 1 aliphatic carbocycles. The Morgan fingerprint density at radius 2 is 2.03 bits per heavy atom. The monoisotopic (exact) mass is 454 g/mol. The highest BCUT2D eigenvalue weighted by molar-refractivity contribution is 5.92. The number of nitrogens with zero attached hydrogens (tertiary/aromatic N) is 2. The third kappa shape index (κ3) is 3.95. The summed E-state index contributed by atoms with van der Waals surface area (Å²) in [4.78, 5) is 32.8. The molecule has 33 heavy (non-hydrogen) atoms. The molecule has 0 fully saturated rings. The van der Waals surface area contributed by atoms with Gasteiger partial charge in [0, 0.05) is 46.0 Å². The molecule has 8 heteroatoms. The van der Waals surface area contributed by atoms with Crippen LogP contribution in [0.3, 0.4) is 0 Å². The molecule has 3 aromatic rings. The average Bonchev–Trinajstić information content (AvgIpc) is 3.29. The number of carbonyl (C=O) groups excluding carboxylic acids is 1. The van der Waals surface area contributed by atoms with Gasteiger partial charge in [0.25, 0.3) is 11.5 Å². The molecule has 0 bridgehead atoms. The van der Waals surface area contributed by atoms with Crippen molar-refractivity contribution in [1.29, 1.82) is 0 Å². The lowest BCUT2D eigenvalue weighted by atomic mass is 9.99. The molecule has 2 N–H and O–H groups in total. The fraction of sp³-hybridized carbons (Fsp3) is 0.320. The Kier molecular flexibility index (Phi) is 5.54. The van der Waals surface area contributed by atoms with Crippen molar-refractivity contribution in [3.63, 3.8) is 0 Å². The molecule has 1 aliphatic heterocycles. The van der Waals surface area contributed by atoms with Crippen LogP contribution in [0, 0.1) is 11.8 Å². The smallest absolute Gasteiger partial charge is 0.269 e. The van der Waals surface area contributed by atoms with Crippen molar-refractivity contribution in [2.45, 2.75) is 32.2 Å². The van der Waals surface area contributed by atoms with Crippen molar-refractivity contribution in [2.24, 2.45) is 0 Å². The van der Waals surface area contributed by atoms with E-state index >= 15 is 4.39 Å². The van der Waals surface area contributed by atoms with E-state index in [-0.39, 0.29) is 19.9 Å². The van der Waals surface area contributed by atoms with E-state index in [0.717, 1.165) is 29.5 Å². The van der Waals surface area contributed by atoms with Gasteiger partial charge in [-0.25, -0.2) is 9.37 Å². The van der Waals surface area contributed by atoms with Crippen LogP contribution in [0.15, 0.2) is 35.1 Å². The van der Waals surface area contributed by atoms with E-state index in [1.807, 2.05) is 12.1 Å². The number of H-pyrrole nitrogens is 1. The first-order valence-electron chi connectivity index (χ1n) is 11.1. The largest absolute Gasteiger partial charge is 0.354 e. The minimum Gasteiger partial charge on any atom is -0.354 e. The third-order valence-corrected chi connectivity index (χ3v) is 6.55. The lowest BCUT2D eigenvalue weighted by Gasteiger charge is -2.26. The van der Waals surface area contributed by atoms with E-state index in [0.29, 0.717) is 54.5 Å². The molecule has 3 heterocycles. The maximum absolute atomic E-state index is 15.0. The van der Waals surface area contributed by atoms with Gasteiger partial charge in [0.15, 0.2) is 0 Å². The Morgan fingerprint density at radius 3 is 2.76 bits per heavy atom. The number of nitrogens with one attached hydrogen (secondary N) is 2. The zero-order valence-corrected chi connectivity index (χ0v) is 18.3. The van der Waals surface area contributed by atoms with Crippen LogP contribution in [0.1, 0.15) is 48.4 Å². The summed E-state index contributed by atoms with van der Waals surface area (Å²) in [6, 6.07) is 6.51. The van der Waals surface area contributed by atoms with E-state index in [1.54, 1.807) is 12.1 Å². The maximum atomic E-state index is 15.0. The molecule has 0 saturated carbocycles. The number of carbonyl (C=O) groups is 1. The first kappa shape index (κ1) is 21.5. The minimum absolute atomic E-state index is 0. The van der Waals surface area contributed by atoms with Crippen LogP contribution in [0.4, 0.5) is 8.78 Å². The van der Waals surface area contributed by atoms with Crippen molar-refractivity contribution in [1.82, 2.24) is 20.2 Å². The van der Waals surface area contributed by atoms with Gasteiger partial charge in [0.1, 0.15) is 11.5 Å². The van der Waals surface area contributed by atoms with Crippen molar-refractivity contribution < 1.29 is 16.4 Å². The van der Waals surface area contributed by atoms with Gasteiger partial charge in [0.2, 0.25) is 5.95 Å². The number of amides is 1. The van der Waals surface area contributed by atoms with Crippen molar-refractivity contribution in [3.05, 3.63) is 80.4 Å². The predicted octanol–water partition coefficient (Wildman–Crippen LogP) is 3.83. The molecule has 5 rings (SSSR count). The third-order valence-electron chi connectivity index (χ3n) is 6.55. The fourth-order valence-corrected chi connectivity index (χ4v) is 4.91. The Labute approximate surface area is 192 Å². The summed E-state index contributed by atoms with van der Waals surface area (Å²) in [7, 11) is 1.47. The van der Waals surface area contributed by atoms with Crippen molar-refractivity contribution >= 4 is 22.4 Å². The summed E-state index contributed by atoms with van der Waals surface area (Å²) in [5, 5.41) is 2.97. The molecule has 1 aromatic carbocycles. The average molecular weight is 455 g/mol. The number of aromatic amines is 1. The topological polar surface area (TPSA) is 78.1 Å². The van der Waals surface area contributed by atoms with Gasteiger partial charge in [0.05, 0.1) is 5.52 Å². The van der Waals surface area contributed by atoms with Gasteiger partial charge in [-0.2, -0.15) is 4.39 Å². The molecule has 0 atom stereocenters. The van der Waals surface area contributed by atoms with Crippen LogP contribution >= 0.6 is 0 Å². The zero-order valence-electron chi connectivity index (χ0n) is 18.3. The van der Waals surface area contributed by atoms with Crippen LogP contribution in [0.2, 0.25) is 0 Å². The molecule has 1 amide bonds. The van der Waals surface area contributed by atoms with E-state index in [4.69, 9.17) is 0 Å². The number of hydrogen-bond acceptors (Lipinski definition) is 4. The molecule has 6 nitrogen and oxygen atoms in total. The molecule has 174 valence electrons. The maximum Gasteiger partial charge on any atom is 0.269 e. The highest BCUT2D eigenvalue weighted by Crippen LogP contribution is 2.30. The highest BCUT2D eigenvalue weighted by atomic mass is 19.1. The number of rotatable bonds is 4. The number of aromatic nitrogens is 2. The first-order valence-corrected chi connectivity index (χ1v) is 11.1. The number of hydrogen-bond donors (Lipinski definition) is 2. The molecular formula is C25H28F2N4O2. The van der Waals surface area contributed by atoms with Crippen LogP contribution < -0.4 is 10.9 Å². The Bertz CT molecular complexity index is 1370. The zero-order chi connectivity index (χ0) is 23.1. The van der Waals surface area contributed by atoms with Crippen LogP contribution in [-0.2, 0) is 19.4 Å². The van der Waals surface area contributed by atoms with E-state index in [2.05, 4.69) is 20.2 Å². The number of fused-ring (bicyclic) bond motifs is 3. The Morgan fingerprint density at radius 1 is 1.21 bits per heavy atom. The second-order valence-corrected chi connectivity index (χ2v) is 8.59. The normalized spacial score (nSPS) is 16.0. The molecular weight excluding hydrogens is 426 g/mol. The standard InChI is InChI=1S/C25H24F2N4O2.2H2/c1-28-25(33)20-6-5-16(23(27)29-20)15-7-9-31(10-8-15)13-14-11-19(26)22-17-3-2-4-18(17)24(32)30-21(22)12-14;;/h5-7,11-12H,2-4,8-10,13H2,1H3,(H,28,33)(H,30,32);2*1H.